The van der Waals surface area contributed by atoms with Gasteiger partial charge >= 0.3 is 0 Å². The standard InChI is InChI=1S/C14H22N4O/c1-14(2,3)18-13(16-4)17-9-10-6-5-7-11(8-10)12(15)19/h5-8H,9H2,1-4H3,(H2,15,19)(H2,16,17,18). The molecule has 5 nitrogen and oxygen atoms in total. The highest BCUT2D eigenvalue weighted by Gasteiger charge is 2.11. The minimum Gasteiger partial charge on any atom is -0.366 e. The number of rotatable bonds is 3. The van der Waals surface area contributed by atoms with Crippen molar-refractivity contribution in [2.24, 2.45) is 10.7 Å². The largest absolute Gasteiger partial charge is 0.366 e. The van der Waals surface area contributed by atoms with Gasteiger partial charge in [0.1, 0.15) is 0 Å². The predicted molar refractivity (Wildman–Crippen MR) is 78.0 cm³/mol. The fourth-order valence-electron chi connectivity index (χ4n) is 1.55. The van der Waals surface area contributed by atoms with Crippen LogP contribution in [0.1, 0.15) is 36.7 Å². The minimum absolute atomic E-state index is 0.0586. The second-order valence-electron chi connectivity index (χ2n) is 5.37. The van der Waals surface area contributed by atoms with E-state index in [1.165, 1.54) is 0 Å². The third-order valence-electron chi connectivity index (χ3n) is 2.39. The average molecular weight is 262 g/mol. The number of nitrogens with two attached hydrogens (primary N) is 1. The molecular weight excluding hydrogens is 240 g/mol. The van der Waals surface area contributed by atoms with Crippen molar-refractivity contribution in [3.05, 3.63) is 35.4 Å². The molecule has 0 heterocycles. The second-order valence-corrected chi connectivity index (χ2v) is 5.37. The number of carbonyl (C=O) groups excluding carboxylic acids is 1. The molecule has 1 amide bonds. The molecule has 0 fully saturated rings. The molecule has 0 atom stereocenters. The van der Waals surface area contributed by atoms with Gasteiger partial charge in [-0.15, -0.1) is 0 Å². The summed E-state index contributed by atoms with van der Waals surface area (Å²) in [6, 6.07) is 7.23. The first-order valence-corrected chi connectivity index (χ1v) is 6.19. The molecule has 1 rings (SSSR count). The first-order valence-electron chi connectivity index (χ1n) is 6.19. The summed E-state index contributed by atoms with van der Waals surface area (Å²) in [5.74, 6) is 0.302. The maximum Gasteiger partial charge on any atom is 0.248 e. The minimum atomic E-state index is -0.418. The highest BCUT2D eigenvalue weighted by atomic mass is 16.1. The fraction of sp³-hybridized carbons (Fsp3) is 0.429. The molecule has 104 valence electrons. The summed E-state index contributed by atoms with van der Waals surface area (Å²) < 4.78 is 0. The Balaban J connectivity index is 2.65. The van der Waals surface area contributed by atoms with E-state index in [-0.39, 0.29) is 5.54 Å². The lowest BCUT2D eigenvalue weighted by Gasteiger charge is -2.23. The molecule has 4 N–H and O–H groups in total. The zero-order valence-corrected chi connectivity index (χ0v) is 11.9. The Hall–Kier alpha value is -2.04. The second kappa shape index (κ2) is 6.22. The summed E-state index contributed by atoms with van der Waals surface area (Å²) in [6.45, 7) is 6.77. The number of hydrogen-bond acceptors (Lipinski definition) is 2. The fourth-order valence-corrected chi connectivity index (χ4v) is 1.55. The Labute approximate surface area is 114 Å². The molecule has 0 saturated carbocycles. The number of benzene rings is 1. The number of guanidine groups is 1. The number of aliphatic imine (C=N–C) groups is 1. The summed E-state index contributed by atoms with van der Waals surface area (Å²) in [5.41, 5.74) is 6.69. The van der Waals surface area contributed by atoms with Crippen LogP contribution in [-0.4, -0.2) is 24.5 Å². The van der Waals surface area contributed by atoms with Crippen molar-refractivity contribution in [3.8, 4) is 0 Å². The zero-order chi connectivity index (χ0) is 14.5. The van der Waals surface area contributed by atoms with Crippen LogP contribution in [0.25, 0.3) is 0 Å². The van der Waals surface area contributed by atoms with E-state index in [0.717, 1.165) is 11.5 Å². The quantitative estimate of drug-likeness (QED) is 0.566. The molecule has 0 spiro atoms. The molecule has 0 saturated heterocycles. The van der Waals surface area contributed by atoms with Gasteiger partial charge in [-0.05, 0) is 38.5 Å². The monoisotopic (exact) mass is 262 g/mol. The van der Waals surface area contributed by atoms with Gasteiger partial charge < -0.3 is 16.4 Å². The van der Waals surface area contributed by atoms with E-state index >= 15 is 0 Å². The lowest BCUT2D eigenvalue weighted by molar-refractivity contribution is 0.1000. The van der Waals surface area contributed by atoms with Gasteiger partial charge in [0.05, 0.1) is 0 Å². The van der Waals surface area contributed by atoms with Crippen LogP contribution in [0, 0.1) is 0 Å². The van der Waals surface area contributed by atoms with Gasteiger partial charge in [-0.3, -0.25) is 9.79 Å². The molecular formula is C14H22N4O. The summed E-state index contributed by atoms with van der Waals surface area (Å²) in [5, 5.41) is 6.46. The predicted octanol–water partition coefficient (Wildman–Crippen LogP) is 1.25. The lowest BCUT2D eigenvalue weighted by atomic mass is 10.1. The maximum atomic E-state index is 11.1. The molecule has 0 aliphatic heterocycles. The molecule has 1 aromatic carbocycles. The number of carbonyl (C=O) groups is 1. The molecule has 0 aromatic heterocycles. The number of hydrogen-bond donors (Lipinski definition) is 3. The summed E-state index contributed by atoms with van der Waals surface area (Å²) in [7, 11) is 1.72. The molecule has 0 radical (unpaired) electrons. The Morgan fingerprint density at radius 2 is 2.05 bits per heavy atom. The van der Waals surface area contributed by atoms with Gasteiger partial charge in [0.25, 0.3) is 0 Å². The number of nitrogens with zero attached hydrogens (tertiary/aromatic N) is 1. The van der Waals surface area contributed by atoms with Crippen LogP contribution < -0.4 is 16.4 Å². The van der Waals surface area contributed by atoms with Crippen molar-refractivity contribution >= 4 is 11.9 Å². The Kier molecular flexibility index (Phi) is 4.92. The summed E-state index contributed by atoms with van der Waals surface area (Å²) >= 11 is 0. The van der Waals surface area contributed by atoms with Crippen LogP contribution in [0.3, 0.4) is 0 Å². The van der Waals surface area contributed by atoms with Crippen LogP contribution in [-0.2, 0) is 6.54 Å². The van der Waals surface area contributed by atoms with E-state index < -0.39 is 5.91 Å². The Bertz CT molecular complexity index is 475. The van der Waals surface area contributed by atoms with Crippen molar-refractivity contribution in [1.29, 1.82) is 0 Å². The van der Waals surface area contributed by atoms with Crippen LogP contribution >= 0.6 is 0 Å². The van der Waals surface area contributed by atoms with Crippen molar-refractivity contribution in [1.82, 2.24) is 10.6 Å². The van der Waals surface area contributed by atoms with E-state index in [9.17, 15) is 4.79 Å². The van der Waals surface area contributed by atoms with Crippen LogP contribution in [0.5, 0.6) is 0 Å². The van der Waals surface area contributed by atoms with Gasteiger partial charge in [-0.25, -0.2) is 0 Å². The Morgan fingerprint density at radius 1 is 1.37 bits per heavy atom. The van der Waals surface area contributed by atoms with E-state index in [4.69, 9.17) is 5.73 Å². The lowest BCUT2D eigenvalue weighted by Crippen LogP contribution is -2.47. The van der Waals surface area contributed by atoms with Gasteiger partial charge in [-0.1, -0.05) is 12.1 Å². The Morgan fingerprint density at radius 3 is 2.58 bits per heavy atom. The zero-order valence-electron chi connectivity index (χ0n) is 11.9. The van der Waals surface area contributed by atoms with Gasteiger partial charge in [0.2, 0.25) is 5.91 Å². The van der Waals surface area contributed by atoms with Gasteiger partial charge in [0, 0.05) is 24.7 Å². The van der Waals surface area contributed by atoms with Crippen molar-refractivity contribution in [3.63, 3.8) is 0 Å². The van der Waals surface area contributed by atoms with E-state index in [2.05, 4.69) is 36.4 Å². The maximum absolute atomic E-state index is 11.1. The summed E-state index contributed by atoms with van der Waals surface area (Å²) in [4.78, 5) is 15.2. The molecule has 0 aliphatic rings. The van der Waals surface area contributed by atoms with Crippen LogP contribution in [0.2, 0.25) is 0 Å². The third-order valence-corrected chi connectivity index (χ3v) is 2.39. The average Bonchev–Trinajstić information content (AvgIpc) is 2.33. The first-order chi connectivity index (χ1) is 8.81. The van der Waals surface area contributed by atoms with Crippen molar-refractivity contribution < 1.29 is 4.79 Å². The van der Waals surface area contributed by atoms with Crippen molar-refractivity contribution in [2.75, 3.05) is 7.05 Å². The highest BCUT2D eigenvalue weighted by molar-refractivity contribution is 5.92. The summed E-state index contributed by atoms with van der Waals surface area (Å²) in [6.07, 6.45) is 0. The normalized spacial score (nSPS) is 12.1. The molecule has 19 heavy (non-hydrogen) atoms. The van der Waals surface area contributed by atoms with Crippen LogP contribution in [0.4, 0.5) is 0 Å². The van der Waals surface area contributed by atoms with E-state index in [0.29, 0.717) is 12.1 Å². The van der Waals surface area contributed by atoms with Gasteiger partial charge in [-0.2, -0.15) is 0 Å². The van der Waals surface area contributed by atoms with E-state index in [1.807, 2.05) is 12.1 Å². The smallest absolute Gasteiger partial charge is 0.248 e. The molecule has 5 heteroatoms. The SMILES string of the molecule is CN=C(NCc1cccc(C(N)=O)c1)NC(C)(C)C. The van der Waals surface area contributed by atoms with Crippen molar-refractivity contribution in [2.45, 2.75) is 32.9 Å². The number of primary amides is 1. The first kappa shape index (κ1) is 15.0. The third kappa shape index (κ3) is 5.42. The molecule has 1 aromatic rings. The number of nitrogens with one attached hydrogen (secondary N) is 2. The number of amides is 1. The molecule has 0 bridgehead atoms. The van der Waals surface area contributed by atoms with Crippen LogP contribution in [0.15, 0.2) is 29.3 Å². The highest BCUT2D eigenvalue weighted by Crippen LogP contribution is 2.04. The van der Waals surface area contributed by atoms with E-state index in [1.54, 1.807) is 19.2 Å². The van der Waals surface area contributed by atoms with Gasteiger partial charge in [0.15, 0.2) is 5.96 Å². The molecule has 0 aliphatic carbocycles. The molecule has 0 unspecified atom stereocenters. The topological polar surface area (TPSA) is 79.5 Å².